The van der Waals surface area contributed by atoms with Crippen LogP contribution in [0.4, 0.5) is 0 Å². The van der Waals surface area contributed by atoms with Crippen LogP contribution in [0, 0.1) is 24.7 Å². The number of amides is 3. The molecular weight excluding hydrogens is 697 g/mol. The van der Waals surface area contributed by atoms with Gasteiger partial charge in [0.2, 0.25) is 21.8 Å². The summed E-state index contributed by atoms with van der Waals surface area (Å²) in [6, 6.07) is 7.55. The number of carbonyl (C=O) groups excluding carboxylic acids is 3. The van der Waals surface area contributed by atoms with Gasteiger partial charge in [0.25, 0.3) is 5.91 Å². The monoisotopic (exact) mass is 746 g/mol. The summed E-state index contributed by atoms with van der Waals surface area (Å²) in [5.74, 6) is -1.22. The molecule has 1 aromatic carbocycles. The number of fused-ring (bicyclic) bond motifs is 3. The van der Waals surface area contributed by atoms with E-state index in [-0.39, 0.29) is 37.0 Å². The van der Waals surface area contributed by atoms with Crippen molar-refractivity contribution < 1.29 is 32.3 Å². The molecule has 3 amide bonds. The largest absolute Gasteiger partial charge is 0.496 e. The molecule has 2 N–H and O–H groups in total. The molecule has 0 radical (unpaired) electrons. The third-order valence-electron chi connectivity index (χ3n) is 11.7. The zero-order valence-corrected chi connectivity index (χ0v) is 32.2. The predicted molar refractivity (Wildman–Crippen MR) is 199 cm³/mol. The van der Waals surface area contributed by atoms with Gasteiger partial charge in [0.15, 0.2) is 5.82 Å². The highest BCUT2D eigenvalue weighted by atomic mass is 32.2. The third kappa shape index (κ3) is 6.90. The van der Waals surface area contributed by atoms with Crippen LogP contribution in [0.15, 0.2) is 42.6 Å². The molecule has 3 fully saturated rings. The Bertz CT molecular complexity index is 2090. The smallest absolute Gasteiger partial charge is 0.259 e. The Hall–Kier alpha value is -4.46. The molecule has 3 heterocycles. The molecule has 14 heteroatoms. The summed E-state index contributed by atoms with van der Waals surface area (Å²) >= 11 is 0. The predicted octanol–water partition coefficient (Wildman–Crippen LogP) is 4.71. The zero-order valence-electron chi connectivity index (χ0n) is 31.3. The van der Waals surface area contributed by atoms with Gasteiger partial charge >= 0.3 is 0 Å². The molecule has 3 saturated carbocycles. The highest BCUT2D eigenvalue weighted by molar-refractivity contribution is 7.91. The fourth-order valence-corrected chi connectivity index (χ4v) is 9.06. The second-order valence-electron chi connectivity index (χ2n) is 15.9. The number of aromatic nitrogens is 3. The number of aryl methyl sites for hydroxylation is 1. The quantitative estimate of drug-likeness (QED) is 0.311. The van der Waals surface area contributed by atoms with Gasteiger partial charge in [-0.1, -0.05) is 26.0 Å². The van der Waals surface area contributed by atoms with Crippen LogP contribution in [0.5, 0.6) is 11.5 Å². The summed E-state index contributed by atoms with van der Waals surface area (Å²) < 4.78 is 41.6. The number of ether oxygens (including phenoxy) is 2. The summed E-state index contributed by atoms with van der Waals surface area (Å²) in [4.78, 5) is 48.8. The molecule has 5 unspecified atom stereocenters. The van der Waals surface area contributed by atoms with Gasteiger partial charge in [-0.2, -0.15) is 5.10 Å². The number of hydrogen-bond acceptors (Lipinski definition) is 9. The number of allylic oxidation sites excluding steroid dienone is 1. The molecule has 5 atom stereocenters. The first-order chi connectivity index (χ1) is 25.2. The molecular formula is C39H50N6O7S. The van der Waals surface area contributed by atoms with E-state index in [9.17, 15) is 22.8 Å². The molecule has 284 valence electrons. The number of rotatable bonds is 8. The number of methoxy groups -OCH3 is 1. The first-order valence-corrected chi connectivity index (χ1v) is 20.2. The maximum atomic E-state index is 14.3. The van der Waals surface area contributed by atoms with Crippen molar-refractivity contribution in [1.82, 2.24) is 29.7 Å². The van der Waals surface area contributed by atoms with Gasteiger partial charge in [0.05, 0.1) is 34.9 Å². The summed E-state index contributed by atoms with van der Waals surface area (Å²) in [5, 5.41) is 8.47. The van der Waals surface area contributed by atoms with E-state index < -0.39 is 50.1 Å². The molecule has 13 nitrogen and oxygen atoms in total. The van der Waals surface area contributed by atoms with E-state index in [4.69, 9.17) is 19.6 Å². The lowest BCUT2D eigenvalue weighted by atomic mass is 9.93. The van der Waals surface area contributed by atoms with Gasteiger partial charge in [-0.15, -0.1) is 0 Å². The van der Waals surface area contributed by atoms with E-state index in [0.29, 0.717) is 42.2 Å². The van der Waals surface area contributed by atoms with Crippen molar-refractivity contribution in [2.24, 2.45) is 17.8 Å². The number of benzene rings is 1. The van der Waals surface area contributed by atoms with Gasteiger partial charge in [0.1, 0.15) is 23.1 Å². The summed E-state index contributed by atoms with van der Waals surface area (Å²) in [7, 11) is -0.557. The zero-order chi connectivity index (χ0) is 37.9. The lowest BCUT2D eigenvalue weighted by molar-refractivity contribution is -0.140. The molecule has 53 heavy (non-hydrogen) atoms. The van der Waals surface area contributed by atoms with Crippen LogP contribution in [0.2, 0.25) is 0 Å². The summed E-state index contributed by atoms with van der Waals surface area (Å²) in [5.41, 5.74) is 1.01. The van der Waals surface area contributed by atoms with Crippen LogP contribution in [-0.2, 0) is 24.4 Å². The molecule has 4 aliphatic rings. The van der Waals surface area contributed by atoms with Gasteiger partial charge in [-0.05, 0) is 89.3 Å². The molecule has 0 saturated heterocycles. The van der Waals surface area contributed by atoms with E-state index in [1.54, 1.807) is 30.7 Å². The first-order valence-electron chi connectivity index (χ1n) is 18.7. The SMILES string of the molecule is COc1ccc2c(OC3CC4C(=O)NC5(C(=O)NS(=O)(=O)C6(C)CC6)CC5C=CCCCCN(C)C(=O)C4C3)cc(-n3ccc(C(C)C)n3)nc2c1C. The van der Waals surface area contributed by atoms with Crippen molar-refractivity contribution in [3.05, 3.63) is 53.9 Å². The van der Waals surface area contributed by atoms with Gasteiger partial charge < -0.3 is 19.7 Å². The van der Waals surface area contributed by atoms with E-state index >= 15 is 0 Å². The molecule has 0 spiro atoms. The minimum atomic E-state index is -3.93. The maximum Gasteiger partial charge on any atom is 0.259 e. The third-order valence-corrected chi connectivity index (χ3v) is 13.9. The van der Waals surface area contributed by atoms with Crippen molar-refractivity contribution in [3.8, 4) is 17.3 Å². The number of sulfonamides is 1. The lowest BCUT2D eigenvalue weighted by Gasteiger charge is -2.27. The molecule has 1 aliphatic heterocycles. The number of nitrogens with zero attached hydrogens (tertiary/aromatic N) is 4. The van der Waals surface area contributed by atoms with E-state index in [0.717, 1.165) is 35.9 Å². The van der Waals surface area contributed by atoms with E-state index in [2.05, 4.69) is 23.9 Å². The number of hydrogen-bond donors (Lipinski definition) is 2. The second-order valence-corrected chi connectivity index (χ2v) is 18.1. The van der Waals surface area contributed by atoms with Crippen LogP contribution in [0.1, 0.15) is 89.3 Å². The molecule has 3 aromatic rings. The van der Waals surface area contributed by atoms with Crippen molar-refractivity contribution in [2.45, 2.75) is 101 Å². The maximum absolute atomic E-state index is 14.3. The normalized spacial score (nSPS) is 27.1. The van der Waals surface area contributed by atoms with Crippen molar-refractivity contribution >= 4 is 38.6 Å². The molecule has 2 aromatic heterocycles. The lowest BCUT2D eigenvalue weighted by Crippen LogP contribution is -2.55. The Morgan fingerprint density at radius 1 is 1.09 bits per heavy atom. The Morgan fingerprint density at radius 3 is 2.55 bits per heavy atom. The molecule has 3 aliphatic carbocycles. The number of pyridine rings is 1. The van der Waals surface area contributed by atoms with Crippen LogP contribution in [0.3, 0.4) is 0 Å². The topological polar surface area (TPSA) is 162 Å². The minimum Gasteiger partial charge on any atom is -0.496 e. The van der Waals surface area contributed by atoms with Gasteiger partial charge in [0, 0.05) is 42.7 Å². The van der Waals surface area contributed by atoms with Gasteiger partial charge in [-0.3, -0.25) is 19.1 Å². The fourth-order valence-electron chi connectivity index (χ4n) is 7.75. The minimum absolute atomic E-state index is 0.155. The molecule has 7 rings (SSSR count). The fraction of sp³-hybridized carbons (Fsp3) is 0.564. The second kappa shape index (κ2) is 13.7. The van der Waals surface area contributed by atoms with Crippen LogP contribution in [0.25, 0.3) is 16.7 Å². The Kier molecular flexibility index (Phi) is 9.57. The average Bonchev–Trinajstić information content (AvgIpc) is 3.89. The first kappa shape index (κ1) is 36.9. The highest BCUT2D eigenvalue weighted by Gasteiger charge is 2.63. The highest BCUT2D eigenvalue weighted by Crippen LogP contribution is 2.48. The van der Waals surface area contributed by atoms with Crippen molar-refractivity contribution in [2.75, 3.05) is 20.7 Å². The Labute approximate surface area is 310 Å². The van der Waals surface area contributed by atoms with Crippen molar-refractivity contribution in [3.63, 3.8) is 0 Å². The van der Waals surface area contributed by atoms with Crippen LogP contribution in [-0.4, -0.2) is 82.9 Å². The number of carbonyl (C=O) groups is 3. The summed E-state index contributed by atoms with van der Waals surface area (Å²) in [6.45, 7) is 8.25. The summed E-state index contributed by atoms with van der Waals surface area (Å²) in [6.07, 6.45) is 9.33. The van der Waals surface area contributed by atoms with Crippen molar-refractivity contribution in [1.29, 1.82) is 0 Å². The number of nitrogens with one attached hydrogen (secondary N) is 2. The Balaban J connectivity index is 1.21. The van der Waals surface area contributed by atoms with Crippen LogP contribution >= 0.6 is 0 Å². The standard InChI is InChI=1S/C39H50N6O7S/c1-23(2)30-14-18-45(42-30)33-21-32(27-12-13-31(51-6)24(3)34(27)40-33)52-26-19-28-29(20-26)36(47)44(5)17-10-8-7-9-11-25-22-39(25,41-35(28)46)37(48)43-53(49,50)38(4)15-16-38/h9,11-14,18,21,23,25-26,28-29H,7-8,10,15-17,19-20,22H2,1-6H3,(H,41,46)(H,43,48). The molecule has 0 bridgehead atoms. The van der Waals surface area contributed by atoms with E-state index in [1.807, 2.05) is 49.5 Å². The Morgan fingerprint density at radius 2 is 1.85 bits per heavy atom. The van der Waals surface area contributed by atoms with E-state index in [1.165, 1.54) is 0 Å². The van der Waals surface area contributed by atoms with Gasteiger partial charge in [-0.25, -0.2) is 18.1 Å². The average molecular weight is 747 g/mol. The van der Waals surface area contributed by atoms with Crippen LogP contribution < -0.4 is 19.5 Å².